The van der Waals surface area contributed by atoms with Crippen LogP contribution in [0.4, 0.5) is 17.1 Å². The van der Waals surface area contributed by atoms with E-state index in [1.807, 2.05) is 43.3 Å². The SMILES string of the molecule is CCCN(CCO)c1ccc(/N=N/c2ccc(OC)cc2)c(C)c1. The summed E-state index contributed by atoms with van der Waals surface area (Å²) in [6.07, 6.45) is 1.04. The average molecular weight is 327 g/mol. The summed E-state index contributed by atoms with van der Waals surface area (Å²) in [5, 5.41) is 17.8. The van der Waals surface area contributed by atoms with Crippen LogP contribution in [0.1, 0.15) is 18.9 Å². The maximum Gasteiger partial charge on any atom is 0.119 e. The fourth-order valence-corrected chi connectivity index (χ4v) is 2.47. The van der Waals surface area contributed by atoms with Gasteiger partial charge in [-0.3, -0.25) is 0 Å². The van der Waals surface area contributed by atoms with Crippen molar-refractivity contribution in [1.82, 2.24) is 0 Å². The Morgan fingerprint density at radius 2 is 1.79 bits per heavy atom. The van der Waals surface area contributed by atoms with Crippen molar-refractivity contribution in [1.29, 1.82) is 0 Å². The Morgan fingerprint density at radius 1 is 1.04 bits per heavy atom. The van der Waals surface area contributed by atoms with E-state index in [0.717, 1.165) is 41.3 Å². The van der Waals surface area contributed by atoms with Gasteiger partial charge in [0, 0.05) is 18.8 Å². The molecule has 0 aliphatic heterocycles. The first-order valence-corrected chi connectivity index (χ1v) is 8.20. The van der Waals surface area contributed by atoms with Crippen LogP contribution in [0.3, 0.4) is 0 Å². The van der Waals surface area contributed by atoms with Crippen LogP contribution in [0.25, 0.3) is 0 Å². The third-order valence-corrected chi connectivity index (χ3v) is 3.75. The Bertz CT molecular complexity index is 663. The van der Waals surface area contributed by atoms with Crippen LogP contribution in [-0.2, 0) is 0 Å². The van der Waals surface area contributed by atoms with E-state index < -0.39 is 0 Å². The third-order valence-electron chi connectivity index (χ3n) is 3.75. The Morgan fingerprint density at radius 3 is 2.38 bits per heavy atom. The monoisotopic (exact) mass is 327 g/mol. The Balaban J connectivity index is 2.14. The molecule has 0 heterocycles. The van der Waals surface area contributed by atoms with Gasteiger partial charge in [-0.1, -0.05) is 6.92 Å². The number of nitrogens with zero attached hydrogens (tertiary/aromatic N) is 3. The first-order valence-electron chi connectivity index (χ1n) is 8.20. The second-order valence-corrected chi connectivity index (χ2v) is 5.58. The number of hydrogen-bond acceptors (Lipinski definition) is 5. The third kappa shape index (κ3) is 4.80. The summed E-state index contributed by atoms with van der Waals surface area (Å²) >= 11 is 0. The number of aryl methyl sites for hydroxylation is 1. The smallest absolute Gasteiger partial charge is 0.119 e. The molecule has 0 spiro atoms. The second kappa shape index (κ2) is 9.03. The second-order valence-electron chi connectivity index (χ2n) is 5.58. The number of hydrogen-bond donors (Lipinski definition) is 1. The van der Waals surface area contributed by atoms with Gasteiger partial charge >= 0.3 is 0 Å². The van der Waals surface area contributed by atoms with Gasteiger partial charge in [-0.05, 0) is 61.4 Å². The minimum Gasteiger partial charge on any atom is -0.497 e. The summed E-state index contributed by atoms with van der Waals surface area (Å²) in [4.78, 5) is 2.18. The highest BCUT2D eigenvalue weighted by atomic mass is 16.5. The van der Waals surface area contributed by atoms with Gasteiger partial charge in [-0.2, -0.15) is 10.2 Å². The van der Waals surface area contributed by atoms with E-state index in [1.54, 1.807) is 7.11 Å². The molecule has 0 fully saturated rings. The number of aliphatic hydroxyl groups is 1. The molecule has 24 heavy (non-hydrogen) atoms. The molecule has 2 aromatic carbocycles. The molecule has 0 bridgehead atoms. The molecule has 0 saturated heterocycles. The maximum absolute atomic E-state index is 9.21. The zero-order valence-corrected chi connectivity index (χ0v) is 14.6. The Kier molecular flexibility index (Phi) is 6.75. The van der Waals surface area contributed by atoms with Gasteiger partial charge < -0.3 is 14.7 Å². The van der Waals surface area contributed by atoms with Crippen molar-refractivity contribution in [3.8, 4) is 5.75 Å². The van der Waals surface area contributed by atoms with Crippen LogP contribution in [-0.4, -0.2) is 31.9 Å². The summed E-state index contributed by atoms with van der Waals surface area (Å²) in [5.41, 5.74) is 3.79. The number of azo groups is 1. The van der Waals surface area contributed by atoms with E-state index in [2.05, 4.69) is 28.1 Å². The van der Waals surface area contributed by atoms with Crippen molar-refractivity contribution in [3.63, 3.8) is 0 Å². The molecule has 0 aliphatic rings. The number of anilines is 1. The molecule has 0 radical (unpaired) electrons. The molecule has 0 atom stereocenters. The summed E-state index contributed by atoms with van der Waals surface area (Å²) < 4.78 is 5.13. The van der Waals surface area contributed by atoms with E-state index in [0.29, 0.717) is 6.54 Å². The average Bonchev–Trinajstić information content (AvgIpc) is 2.61. The van der Waals surface area contributed by atoms with E-state index in [1.165, 1.54) is 0 Å². The highest BCUT2D eigenvalue weighted by Gasteiger charge is 2.07. The van der Waals surface area contributed by atoms with Crippen LogP contribution < -0.4 is 9.64 Å². The number of benzene rings is 2. The lowest BCUT2D eigenvalue weighted by atomic mass is 10.1. The lowest BCUT2D eigenvalue weighted by Crippen LogP contribution is -2.27. The van der Waals surface area contributed by atoms with Crippen molar-refractivity contribution in [2.24, 2.45) is 10.2 Å². The van der Waals surface area contributed by atoms with Crippen LogP contribution in [0.5, 0.6) is 5.75 Å². The fourth-order valence-electron chi connectivity index (χ4n) is 2.47. The highest BCUT2D eigenvalue weighted by Crippen LogP contribution is 2.27. The molecular formula is C19H25N3O2. The van der Waals surface area contributed by atoms with E-state index in [4.69, 9.17) is 4.74 Å². The Labute approximate surface area is 143 Å². The largest absolute Gasteiger partial charge is 0.497 e. The molecule has 0 amide bonds. The molecule has 2 rings (SSSR count). The minimum atomic E-state index is 0.151. The van der Waals surface area contributed by atoms with Gasteiger partial charge in [-0.15, -0.1) is 0 Å². The van der Waals surface area contributed by atoms with Gasteiger partial charge in [0.1, 0.15) is 5.75 Å². The van der Waals surface area contributed by atoms with Crippen molar-refractivity contribution in [2.45, 2.75) is 20.3 Å². The number of aliphatic hydroxyl groups excluding tert-OH is 1. The molecule has 0 aromatic heterocycles. The van der Waals surface area contributed by atoms with Crippen molar-refractivity contribution < 1.29 is 9.84 Å². The van der Waals surface area contributed by atoms with Gasteiger partial charge in [0.15, 0.2) is 0 Å². The quantitative estimate of drug-likeness (QED) is 0.719. The number of methoxy groups -OCH3 is 1. The minimum absolute atomic E-state index is 0.151. The van der Waals surface area contributed by atoms with Crippen molar-refractivity contribution in [2.75, 3.05) is 31.7 Å². The van der Waals surface area contributed by atoms with Crippen molar-refractivity contribution >= 4 is 17.1 Å². The molecular weight excluding hydrogens is 302 g/mol. The highest BCUT2D eigenvalue weighted by molar-refractivity contribution is 5.57. The lowest BCUT2D eigenvalue weighted by Gasteiger charge is -2.23. The molecule has 2 aromatic rings. The first-order chi connectivity index (χ1) is 11.7. The van der Waals surface area contributed by atoms with Crippen LogP contribution in [0, 0.1) is 6.92 Å². The predicted octanol–water partition coefficient (Wildman–Crippen LogP) is 4.63. The first kappa shape index (κ1) is 17.9. The normalized spacial score (nSPS) is 11.0. The van der Waals surface area contributed by atoms with E-state index in [9.17, 15) is 5.11 Å². The van der Waals surface area contributed by atoms with Crippen molar-refractivity contribution in [3.05, 3.63) is 48.0 Å². The van der Waals surface area contributed by atoms with Gasteiger partial charge in [-0.25, -0.2) is 0 Å². The fraction of sp³-hybridized carbons (Fsp3) is 0.368. The molecule has 0 unspecified atom stereocenters. The van der Waals surface area contributed by atoms with Gasteiger partial charge in [0.25, 0.3) is 0 Å². The molecule has 0 saturated carbocycles. The van der Waals surface area contributed by atoms with E-state index in [-0.39, 0.29) is 6.61 Å². The maximum atomic E-state index is 9.21. The van der Waals surface area contributed by atoms with Crippen LogP contribution in [0.15, 0.2) is 52.7 Å². The number of ether oxygens (including phenoxy) is 1. The Hall–Kier alpha value is -2.40. The summed E-state index contributed by atoms with van der Waals surface area (Å²) in [6, 6.07) is 13.6. The zero-order valence-electron chi connectivity index (χ0n) is 14.6. The standard InChI is InChI=1S/C19H25N3O2/c1-4-11-22(12-13-23)17-7-10-19(15(2)14-17)21-20-16-5-8-18(24-3)9-6-16/h5-10,14,23H,4,11-13H2,1-3H3/b21-20+. The van der Waals surface area contributed by atoms with E-state index >= 15 is 0 Å². The lowest BCUT2D eigenvalue weighted by molar-refractivity contribution is 0.302. The molecule has 0 aliphatic carbocycles. The predicted molar refractivity (Wildman–Crippen MR) is 97.9 cm³/mol. The zero-order chi connectivity index (χ0) is 17.4. The molecule has 1 N–H and O–H groups in total. The van der Waals surface area contributed by atoms with Gasteiger partial charge in [0.2, 0.25) is 0 Å². The summed E-state index contributed by atoms with van der Waals surface area (Å²) in [5.74, 6) is 0.800. The molecule has 5 heteroatoms. The van der Waals surface area contributed by atoms with Gasteiger partial charge in [0.05, 0.1) is 25.1 Å². The number of rotatable bonds is 8. The molecule has 5 nitrogen and oxygen atoms in total. The van der Waals surface area contributed by atoms with Crippen LogP contribution in [0.2, 0.25) is 0 Å². The summed E-state index contributed by atoms with van der Waals surface area (Å²) in [6.45, 7) is 5.87. The summed E-state index contributed by atoms with van der Waals surface area (Å²) in [7, 11) is 1.64. The topological polar surface area (TPSA) is 57.4 Å². The molecule has 128 valence electrons. The van der Waals surface area contributed by atoms with Crippen LogP contribution >= 0.6 is 0 Å².